The molecule has 0 heterocycles. The average Bonchev–Trinajstić information content (AvgIpc) is 2.47. The molecular weight excluding hydrogens is 295 g/mol. The van der Waals surface area contributed by atoms with Gasteiger partial charge >= 0.3 is 6.36 Å². The lowest BCUT2D eigenvalue weighted by Crippen LogP contribution is -2.18. The lowest BCUT2D eigenvalue weighted by Gasteiger charge is -2.14. The standard InChI is InChI=1S/C16H16F3NO2/c1-2-21-14-5-3-4-11(9-14)12-6-7-15(13(8-12)10-20)22-16(17,18)19/h3-9H,2,10,20H2,1H3. The number of hydrogen-bond acceptors (Lipinski definition) is 3. The Morgan fingerprint density at radius 3 is 2.41 bits per heavy atom. The zero-order chi connectivity index (χ0) is 16.2. The van der Waals surface area contributed by atoms with Crippen LogP contribution in [0, 0.1) is 0 Å². The second-order valence-electron chi connectivity index (χ2n) is 4.54. The van der Waals surface area contributed by atoms with Gasteiger partial charge in [-0.25, -0.2) is 0 Å². The lowest BCUT2D eigenvalue weighted by atomic mass is 10.0. The Labute approximate surface area is 126 Å². The van der Waals surface area contributed by atoms with Crippen LogP contribution >= 0.6 is 0 Å². The van der Waals surface area contributed by atoms with Gasteiger partial charge in [0.2, 0.25) is 0 Å². The van der Waals surface area contributed by atoms with Crippen molar-refractivity contribution < 1.29 is 22.6 Å². The summed E-state index contributed by atoms with van der Waals surface area (Å²) in [7, 11) is 0. The number of ether oxygens (including phenoxy) is 2. The van der Waals surface area contributed by atoms with E-state index in [4.69, 9.17) is 10.5 Å². The summed E-state index contributed by atoms with van der Waals surface area (Å²) in [6.45, 7) is 2.36. The molecule has 0 amide bonds. The van der Waals surface area contributed by atoms with Crippen LogP contribution in [0.4, 0.5) is 13.2 Å². The monoisotopic (exact) mass is 311 g/mol. The van der Waals surface area contributed by atoms with Crippen molar-refractivity contribution in [3.05, 3.63) is 48.0 Å². The summed E-state index contributed by atoms with van der Waals surface area (Å²) < 4.78 is 46.4. The highest BCUT2D eigenvalue weighted by molar-refractivity contribution is 5.67. The lowest BCUT2D eigenvalue weighted by molar-refractivity contribution is -0.274. The van der Waals surface area contributed by atoms with Crippen LogP contribution in [0.2, 0.25) is 0 Å². The third-order valence-electron chi connectivity index (χ3n) is 2.98. The van der Waals surface area contributed by atoms with E-state index in [2.05, 4.69) is 4.74 Å². The van der Waals surface area contributed by atoms with Gasteiger partial charge in [-0.2, -0.15) is 0 Å². The Morgan fingerprint density at radius 2 is 1.77 bits per heavy atom. The molecule has 0 aromatic heterocycles. The van der Waals surface area contributed by atoms with Gasteiger partial charge in [0, 0.05) is 12.1 Å². The van der Waals surface area contributed by atoms with Gasteiger partial charge in [-0.05, 0) is 42.3 Å². The minimum absolute atomic E-state index is 0.0512. The molecule has 2 aromatic rings. The van der Waals surface area contributed by atoms with E-state index in [0.717, 1.165) is 11.1 Å². The van der Waals surface area contributed by atoms with E-state index in [1.807, 2.05) is 31.2 Å². The summed E-state index contributed by atoms with van der Waals surface area (Å²) >= 11 is 0. The van der Waals surface area contributed by atoms with E-state index >= 15 is 0 Å². The first kappa shape index (κ1) is 16.2. The molecule has 6 heteroatoms. The number of hydrogen-bond donors (Lipinski definition) is 1. The summed E-state index contributed by atoms with van der Waals surface area (Å²) in [5.41, 5.74) is 7.39. The smallest absolute Gasteiger partial charge is 0.494 e. The van der Waals surface area contributed by atoms with Crippen molar-refractivity contribution >= 4 is 0 Å². The van der Waals surface area contributed by atoms with Crippen LogP contribution in [-0.4, -0.2) is 13.0 Å². The Morgan fingerprint density at radius 1 is 1.05 bits per heavy atom. The largest absolute Gasteiger partial charge is 0.573 e. The summed E-state index contributed by atoms with van der Waals surface area (Å²) in [6, 6.07) is 11.7. The van der Waals surface area contributed by atoms with Gasteiger partial charge in [0.1, 0.15) is 11.5 Å². The van der Waals surface area contributed by atoms with Crippen LogP contribution in [0.1, 0.15) is 12.5 Å². The molecule has 0 aliphatic rings. The highest BCUT2D eigenvalue weighted by Gasteiger charge is 2.32. The van der Waals surface area contributed by atoms with E-state index in [1.165, 1.54) is 6.07 Å². The summed E-state index contributed by atoms with van der Waals surface area (Å²) in [4.78, 5) is 0. The third kappa shape index (κ3) is 4.14. The molecule has 2 N–H and O–H groups in total. The van der Waals surface area contributed by atoms with Crippen LogP contribution in [0.15, 0.2) is 42.5 Å². The van der Waals surface area contributed by atoms with E-state index in [0.29, 0.717) is 12.4 Å². The van der Waals surface area contributed by atoms with Gasteiger partial charge in [0.05, 0.1) is 6.61 Å². The molecule has 0 aliphatic heterocycles. The number of rotatable bonds is 5. The van der Waals surface area contributed by atoms with Crippen LogP contribution in [0.5, 0.6) is 11.5 Å². The van der Waals surface area contributed by atoms with Crippen LogP contribution in [-0.2, 0) is 6.54 Å². The zero-order valence-corrected chi connectivity index (χ0v) is 12.0. The zero-order valence-electron chi connectivity index (χ0n) is 12.0. The fraction of sp³-hybridized carbons (Fsp3) is 0.250. The molecule has 118 valence electrons. The molecule has 3 nitrogen and oxygen atoms in total. The first-order valence-electron chi connectivity index (χ1n) is 6.75. The Kier molecular flexibility index (Phi) is 4.92. The van der Waals surface area contributed by atoms with Gasteiger partial charge in [0.15, 0.2) is 0 Å². The second-order valence-corrected chi connectivity index (χ2v) is 4.54. The Hall–Kier alpha value is -2.21. The third-order valence-corrected chi connectivity index (χ3v) is 2.98. The minimum atomic E-state index is -4.74. The van der Waals surface area contributed by atoms with Gasteiger partial charge in [-0.1, -0.05) is 18.2 Å². The van der Waals surface area contributed by atoms with Crippen molar-refractivity contribution in [2.75, 3.05) is 6.61 Å². The first-order chi connectivity index (χ1) is 10.4. The Bertz CT molecular complexity index is 642. The van der Waals surface area contributed by atoms with Crippen LogP contribution in [0.25, 0.3) is 11.1 Å². The number of benzene rings is 2. The summed E-state index contributed by atoms with van der Waals surface area (Å²) in [5, 5.41) is 0. The first-order valence-corrected chi connectivity index (χ1v) is 6.75. The van der Waals surface area contributed by atoms with Gasteiger partial charge in [-0.3, -0.25) is 0 Å². The molecule has 0 fully saturated rings. The number of halogens is 3. The van der Waals surface area contributed by atoms with Crippen molar-refractivity contribution in [3.63, 3.8) is 0 Å². The fourth-order valence-corrected chi connectivity index (χ4v) is 2.07. The summed E-state index contributed by atoms with van der Waals surface area (Å²) in [5.74, 6) is 0.421. The maximum absolute atomic E-state index is 12.3. The molecule has 22 heavy (non-hydrogen) atoms. The van der Waals surface area contributed by atoms with Crippen molar-refractivity contribution in [3.8, 4) is 22.6 Å². The van der Waals surface area contributed by atoms with Gasteiger partial charge in [-0.15, -0.1) is 13.2 Å². The number of nitrogens with two attached hydrogens (primary N) is 1. The minimum Gasteiger partial charge on any atom is -0.494 e. The molecule has 0 atom stereocenters. The molecule has 2 aromatic carbocycles. The predicted octanol–water partition coefficient (Wildman–Crippen LogP) is 4.11. The summed E-state index contributed by atoms with van der Waals surface area (Å²) in [6.07, 6.45) is -4.74. The van der Waals surface area contributed by atoms with E-state index in [-0.39, 0.29) is 17.9 Å². The maximum Gasteiger partial charge on any atom is 0.573 e. The molecule has 0 spiro atoms. The average molecular weight is 311 g/mol. The second kappa shape index (κ2) is 6.70. The quantitative estimate of drug-likeness (QED) is 0.904. The van der Waals surface area contributed by atoms with Crippen LogP contribution in [0.3, 0.4) is 0 Å². The van der Waals surface area contributed by atoms with Crippen molar-refractivity contribution in [1.29, 1.82) is 0 Å². The van der Waals surface area contributed by atoms with E-state index in [9.17, 15) is 13.2 Å². The van der Waals surface area contributed by atoms with E-state index < -0.39 is 6.36 Å². The van der Waals surface area contributed by atoms with Crippen molar-refractivity contribution in [1.82, 2.24) is 0 Å². The molecule has 0 aliphatic carbocycles. The van der Waals surface area contributed by atoms with Gasteiger partial charge < -0.3 is 15.2 Å². The molecule has 0 bridgehead atoms. The highest BCUT2D eigenvalue weighted by Crippen LogP contribution is 2.31. The molecular formula is C16H16F3NO2. The topological polar surface area (TPSA) is 44.5 Å². The molecule has 0 radical (unpaired) electrons. The molecule has 0 saturated heterocycles. The highest BCUT2D eigenvalue weighted by atomic mass is 19.4. The molecule has 2 rings (SSSR count). The Balaban J connectivity index is 2.35. The van der Waals surface area contributed by atoms with Gasteiger partial charge in [0.25, 0.3) is 0 Å². The van der Waals surface area contributed by atoms with Crippen molar-refractivity contribution in [2.45, 2.75) is 19.8 Å². The normalized spacial score (nSPS) is 11.3. The predicted molar refractivity (Wildman–Crippen MR) is 77.6 cm³/mol. The SMILES string of the molecule is CCOc1cccc(-c2ccc(OC(F)(F)F)c(CN)c2)c1. The molecule has 0 unspecified atom stereocenters. The van der Waals surface area contributed by atoms with Crippen LogP contribution < -0.4 is 15.2 Å². The fourth-order valence-electron chi connectivity index (χ4n) is 2.07. The molecule has 0 saturated carbocycles. The van der Waals surface area contributed by atoms with Crippen molar-refractivity contribution in [2.24, 2.45) is 5.73 Å². The number of alkyl halides is 3. The maximum atomic E-state index is 12.3. The van der Waals surface area contributed by atoms with E-state index in [1.54, 1.807) is 12.1 Å².